The van der Waals surface area contributed by atoms with Crippen LogP contribution in [0, 0.1) is 0 Å². The molecule has 15 heavy (non-hydrogen) atoms. The van der Waals surface area contributed by atoms with Gasteiger partial charge in [-0.2, -0.15) is 0 Å². The van der Waals surface area contributed by atoms with Gasteiger partial charge >= 0.3 is 0 Å². The predicted octanol–water partition coefficient (Wildman–Crippen LogP) is 1.10. The van der Waals surface area contributed by atoms with Crippen LogP contribution in [0.25, 0.3) is 0 Å². The average molecular weight is 212 g/mol. The molecule has 3 N–H and O–H groups in total. The summed E-state index contributed by atoms with van der Waals surface area (Å²) in [4.78, 5) is 2.51. The van der Waals surface area contributed by atoms with Gasteiger partial charge in [0.15, 0.2) is 0 Å². The summed E-state index contributed by atoms with van der Waals surface area (Å²) < 4.78 is 0. The van der Waals surface area contributed by atoms with Gasteiger partial charge in [-0.3, -0.25) is 4.90 Å². The van der Waals surface area contributed by atoms with Crippen molar-refractivity contribution in [2.45, 2.75) is 69.7 Å². The molecule has 2 aliphatic heterocycles. The van der Waals surface area contributed by atoms with Crippen molar-refractivity contribution in [2.24, 2.45) is 5.73 Å². The van der Waals surface area contributed by atoms with E-state index in [1.807, 2.05) is 6.92 Å². The molecule has 3 nitrogen and oxygen atoms in total. The van der Waals surface area contributed by atoms with Gasteiger partial charge < -0.3 is 10.8 Å². The summed E-state index contributed by atoms with van der Waals surface area (Å²) in [6.07, 6.45) is 5.62. The topological polar surface area (TPSA) is 49.5 Å². The standard InChI is InChI=1S/C12H24N2O/c1-3-12(2,15)8-14-10-4-5-11(14)7-9(13)6-10/h9-11,15H,3-8,13H2,1-2H3. The number of hydrogen-bond acceptors (Lipinski definition) is 3. The lowest BCUT2D eigenvalue weighted by atomic mass is 9.94. The number of nitrogens with zero attached hydrogens (tertiary/aromatic N) is 1. The number of nitrogens with two attached hydrogens (primary N) is 1. The normalized spacial score (nSPS) is 40.4. The Bertz CT molecular complexity index is 216. The summed E-state index contributed by atoms with van der Waals surface area (Å²) in [5, 5.41) is 10.1. The molecule has 3 unspecified atom stereocenters. The Hall–Kier alpha value is -0.120. The summed E-state index contributed by atoms with van der Waals surface area (Å²) in [6.45, 7) is 4.82. The fraction of sp³-hybridized carbons (Fsp3) is 1.00. The molecule has 0 spiro atoms. The lowest BCUT2D eigenvalue weighted by molar-refractivity contribution is -0.0118. The van der Waals surface area contributed by atoms with Crippen LogP contribution in [0.1, 0.15) is 46.0 Å². The second-order valence-corrected chi connectivity index (χ2v) is 5.64. The van der Waals surface area contributed by atoms with Crippen molar-refractivity contribution in [1.82, 2.24) is 4.90 Å². The highest BCUT2D eigenvalue weighted by Crippen LogP contribution is 2.36. The first-order valence-electron chi connectivity index (χ1n) is 6.25. The third kappa shape index (κ3) is 2.35. The average Bonchev–Trinajstić information content (AvgIpc) is 2.42. The SMILES string of the molecule is CCC(C)(O)CN1C2CCC1CC(N)C2. The van der Waals surface area contributed by atoms with Crippen molar-refractivity contribution in [3.05, 3.63) is 0 Å². The number of aliphatic hydroxyl groups is 1. The maximum absolute atomic E-state index is 10.1. The Labute approximate surface area is 92.6 Å². The maximum Gasteiger partial charge on any atom is 0.0743 e. The first kappa shape index (κ1) is 11.4. The summed E-state index contributed by atoms with van der Waals surface area (Å²) in [7, 11) is 0. The second-order valence-electron chi connectivity index (χ2n) is 5.64. The largest absolute Gasteiger partial charge is 0.389 e. The van der Waals surface area contributed by atoms with Crippen LogP contribution in [0.4, 0.5) is 0 Å². The van der Waals surface area contributed by atoms with E-state index in [4.69, 9.17) is 5.73 Å². The molecule has 2 saturated heterocycles. The fourth-order valence-corrected chi connectivity index (χ4v) is 3.08. The first-order chi connectivity index (χ1) is 7.02. The van der Waals surface area contributed by atoms with Crippen molar-refractivity contribution in [3.63, 3.8) is 0 Å². The predicted molar refractivity (Wildman–Crippen MR) is 61.6 cm³/mol. The molecule has 2 rings (SSSR count). The lowest BCUT2D eigenvalue weighted by Crippen LogP contribution is -2.52. The van der Waals surface area contributed by atoms with Gasteiger partial charge in [-0.1, -0.05) is 6.92 Å². The summed E-state index contributed by atoms with van der Waals surface area (Å²) in [6, 6.07) is 1.67. The van der Waals surface area contributed by atoms with E-state index in [0.29, 0.717) is 18.1 Å². The first-order valence-corrected chi connectivity index (χ1v) is 6.25. The molecule has 88 valence electrons. The molecule has 2 aliphatic rings. The van der Waals surface area contributed by atoms with Crippen molar-refractivity contribution in [1.29, 1.82) is 0 Å². The van der Waals surface area contributed by atoms with Gasteiger partial charge in [0, 0.05) is 24.7 Å². The quantitative estimate of drug-likeness (QED) is 0.736. The summed E-state index contributed by atoms with van der Waals surface area (Å²) in [5.74, 6) is 0. The van der Waals surface area contributed by atoms with Gasteiger partial charge in [0.1, 0.15) is 0 Å². The van der Waals surface area contributed by atoms with Crippen molar-refractivity contribution in [2.75, 3.05) is 6.54 Å². The van der Waals surface area contributed by atoms with Gasteiger partial charge in [0.2, 0.25) is 0 Å². The van der Waals surface area contributed by atoms with Crippen LogP contribution in [0.2, 0.25) is 0 Å². The molecule has 2 fully saturated rings. The van der Waals surface area contributed by atoms with Gasteiger partial charge in [0.05, 0.1) is 5.60 Å². The van der Waals surface area contributed by atoms with Crippen LogP contribution < -0.4 is 5.73 Å². The van der Waals surface area contributed by atoms with Gasteiger partial charge in [-0.15, -0.1) is 0 Å². The molecule has 0 saturated carbocycles. The van der Waals surface area contributed by atoms with Crippen molar-refractivity contribution < 1.29 is 5.11 Å². The van der Waals surface area contributed by atoms with E-state index in [1.54, 1.807) is 0 Å². The Morgan fingerprint density at radius 3 is 2.33 bits per heavy atom. The van der Waals surface area contributed by atoms with Gasteiger partial charge in [0.25, 0.3) is 0 Å². The highest BCUT2D eigenvalue weighted by atomic mass is 16.3. The van der Waals surface area contributed by atoms with E-state index in [0.717, 1.165) is 25.8 Å². The van der Waals surface area contributed by atoms with E-state index in [2.05, 4.69) is 11.8 Å². The molecule has 0 aromatic carbocycles. The van der Waals surface area contributed by atoms with Crippen molar-refractivity contribution in [3.8, 4) is 0 Å². The zero-order valence-electron chi connectivity index (χ0n) is 9.95. The highest BCUT2D eigenvalue weighted by molar-refractivity contribution is 4.98. The van der Waals surface area contributed by atoms with Crippen LogP contribution in [0.15, 0.2) is 0 Å². The minimum absolute atomic E-state index is 0.394. The molecule has 0 amide bonds. The van der Waals surface area contributed by atoms with E-state index in [9.17, 15) is 5.11 Å². The third-order valence-corrected chi connectivity index (χ3v) is 4.21. The maximum atomic E-state index is 10.1. The number of piperidine rings is 1. The zero-order chi connectivity index (χ0) is 11.1. The molecule has 0 aromatic rings. The van der Waals surface area contributed by atoms with E-state index >= 15 is 0 Å². The van der Waals surface area contributed by atoms with Gasteiger partial charge in [-0.25, -0.2) is 0 Å². The van der Waals surface area contributed by atoms with Crippen LogP contribution in [-0.4, -0.2) is 40.3 Å². The van der Waals surface area contributed by atoms with E-state index in [-0.39, 0.29) is 0 Å². The molecule has 0 aliphatic carbocycles. The molecule has 3 atom stereocenters. The fourth-order valence-electron chi connectivity index (χ4n) is 3.08. The Kier molecular flexibility index (Phi) is 3.06. The third-order valence-electron chi connectivity index (χ3n) is 4.21. The molecule has 3 heteroatoms. The molecule has 2 bridgehead atoms. The summed E-state index contributed by atoms with van der Waals surface area (Å²) in [5.41, 5.74) is 5.50. The smallest absolute Gasteiger partial charge is 0.0743 e. The van der Waals surface area contributed by atoms with Crippen LogP contribution in [-0.2, 0) is 0 Å². The highest BCUT2D eigenvalue weighted by Gasteiger charge is 2.41. The second kappa shape index (κ2) is 4.04. The van der Waals surface area contributed by atoms with E-state index < -0.39 is 5.60 Å². The Balaban J connectivity index is 1.99. The van der Waals surface area contributed by atoms with Crippen molar-refractivity contribution >= 4 is 0 Å². The Morgan fingerprint density at radius 2 is 1.87 bits per heavy atom. The summed E-state index contributed by atoms with van der Waals surface area (Å²) >= 11 is 0. The monoisotopic (exact) mass is 212 g/mol. The van der Waals surface area contributed by atoms with Gasteiger partial charge in [-0.05, 0) is 39.0 Å². The molecule has 0 aromatic heterocycles. The zero-order valence-corrected chi connectivity index (χ0v) is 9.95. The van der Waals surface area contributed by atoms with Crippen LogP contribution in [0.3, 0.4) is 0 Å². The van der Waals surface area contributed by atoms with Crippen LogP contribution in [0.5, 0.6) is 0 Å². The Morgan fingerprint density at radius 1 is 1.33 bits per heavy atom. The number of rotatable bonds is 3. The molecule has 0 radical (unpaired) electrons. The molecular weight excluding hydrogens is 188 g/mol. The minimum Gasteiger partial charge on any atom is -0.389 e. The lowest BCUT2D eigenvalue weighted by Gasteiger charge is -2.41. The number of hydrogen-bond donors (Lipinski definition) is 2. The van der Waals surface area contributed by atoms with E-state index in [1.165, 1.54) is 12.8 Å². The molecule has 2 heterocycles. The molecular formula is C12H24N2O. The number of fused-ring (bicyclic) bond motifs is 2. The minimum atomic E-state index is -0.526. The van der Waals surface area contributed by atoms with Crippen LogP contribution >= 0.6 is 0 Å².